The molecular formula is C35H50O5S. The lowest BCUT2D eigenvalue weighted by Gasteiger charge is -2.72. The van der Waals surface area contributed by atoms with Crippen molar-refractivity contribution in [1.82, 2.24) is 0 Å². The van der Waals surface area contributed by atoms with Crippen LogP contribution in [0.4, 0.5) is 0 Å². The number of carbonyl (C=O) groups is 1. The summed E-state index contributed by atoms with van der Waals surface area (Å²) in [5.41, 5.74) is 0.777. The van der Waals surface area contributed by atoms with Gasteiger partial charge >= 0.3 is 5.97 Å². The molecule has 5 aliphatic carbocycles. The summed E-state index contributed by atoms with van der Waals surface area (Å²) in [6.45, 7) is 15.1. The van der Waals surface area contributed by atoms with Crippen molar-refractivity contribution >= 4 is 17.3 Å². The van der Waals surface area contributed by atoms with Crippen LogP contribution in [0.25, 0.3) is 0 Å². The maximum atomic E-state index is 12.9. The smallest absolute Gasteiger partial charge is 0.310 e. The van der Waals surface area contributed by atoms with E-state index in [1.807, 2.05) is 6.07 Å². The summed E-state index contributed by atoms with van der Waals surface area (Å²) in [7, 11) is 0. The van der Waals surface area contributed by atoms with E-state index in [4.69, 9.17) is 9.47 Å². The van der Waals surface area contributed by atoms with Crippen LogP contribution in [0.5, 0.6) is 0 Å². The van der Waals surface area contributed by atoms with E-state index in [2.05, 4.69) is 59.1 Å². The van der Waals surface area contributed by atoms with Gasteiger partial charge in [0.2, 0.25) is 0 Å². The molecule has 226 valence electrons. The third kappa shape index (κ3) is 3.66. The molecule has 6 aliphatic rings. The number of allylic oxidation sites excluding steroid dienone is 2. The van der Waals surface area contributed by atoms with E-state index in [1.54, 1.807) is 11.3 Å². The molecule has 7 rings (SSSR count). The van der Waals surface area contributed by atoms with Crippen LogP contribution in [0.15, 0.2) is 29.2 Å². The minimum atomic E-state index is -0.608. The van der Waals surface area contributed by atoms with Crippen LogP contribution in [0.1, 0.15) is 110 Å². The third-order valence-corrected chi connectivity index (χ3v) is 15.3. The molecule has 4 saturated carbocycles. The summed E-state index contributed by atoms with van der Waals surface area (Å²) in [6, 6.07) is 4.09. The highest BCUT2D eigenvalue weighted by atomic mass is 32.1. The summed E-state index contributed by atoms with van der Waals surface area (Å²) in [4.78, 5) is 14.0. The Hall–Kier alpha value is -1.21. The first-order chi connectivity index (χ1) is 19.2. The SMILES string of the molecule is CC1(C)CC[C@]2(C(=O)O)CC[C@]3(C)C(=CCC4[C@@]5(C)C[C@@H](O)[C@@H]6OC(c7cccs7)OC[C@@]6(C)C5CC[C@]43C)C2C1. The van der Waals surface area contributed by atoms with Gasteiger partial charge in [-0.25, -0.2) is 0 Å². The van der Waals surface area contributed by atoms with E-state index in [-0.39, 0.29) is 39.1 Å². The maximum Gasteiger partial charge on any atom is 0.310 e. The normalized spacial score (nSPS) is 52.1. The molecule has 1 aromatic heterocycles. The van der Waals surface area contributed by atoms with Gasteiger partial charge in [0.1, 0.15) is 0 Å². The van der Waals surface area contributed by atoms with Gasteiger partial charge in [-0.05, 0) is 109 Å². The fourth-order valence-electron chi connectivity index (χ4n) is 12.0. The molecule has 0 aromatic carbocycles. The van der Waals surface area contributed by atoms with E-state index in [0.29, 0.717) is 18.4 Å². The molecule has 1 saturated heterocycles. The number of thiophene rings is 1. The first-order valence-electron chi connectivity index (χ1n) is 16.1. The number of rotatable bonds is 2. The van der Waals surface area contributed by atoms with Crippen LogP contribution in [0.3, 0.4) is 0 Å². The standard InChI is InChI=1S/C35H50O5S/c1-30(2)13-15-35(29(37)38)16-14-33(5)21(22(35)18-30)9-10-26-31(3)19-23(36)27-32(4,25(31)11-12-34(26,33)6)20-39-28(40-27)24-8-7-17-41-24/h7-9,17,22-23,25-28,36H,10-16,18-20H2,1-6H3,(H,37,38)/t22?,23-,25?,26?,27+,28?,31+,32+,33-,34-,35+/m1/s1. The van der Waals surface area contributed by atoms with Crippen LogP contribution in [0.2, 0.25) is 0 Å². The lowest BCUT2D eigenvalue weighted by molar-refractivity contribution is -0.338. The molecule has 41 heavy (non-hydrogen) atoms. The Morgan fingerprint density at radius 2 is 1.73 bits per heavy atom. The van der Waals surface area contributed by atoms with Crippen molar-refractivity contribution in [2.24, 2.45) is 50.2 Å². The molecule has 2 N–H and O–H groups in total. The fourth-order valence-corrected chi connectivity index (χ4v) is 12.7. The zero-order chi connectivity index (χ0) is 29.2. The second-order valence-corrected chi connectivity index (χ2v) is 17.6. The van der Waals surface area contributed by atoms with E-state index in [0.717, 1.165) is 62.7 Å². The first kappa shape index (κ1) is 28.6. The molecular weight excluding hydrogens is 532 g/mol. The van der Waals surface area contributed by atoms with Crippen LogP contribution in [-0.2, 0) is 14.3 Å². The Kier molecular flexibility index (Phi) is 6.21. The van der Waals surface area contributed by atoms with Crippen molar-refractivity contribution in [3.8, 4) is 0 Å². The zero-order valence-electron chi connectivity index (χ0n) is 25.9. The Labute approximate surface area is 250 Å². The number of carboxylic acid groups (broad SMARTS) is 1. The van der Waals surface area contributed by atoms with Crippen LogP contribution >= 0.6 is 11.3 Å². The second kappa shape index (κ2) is 8.92. The molecule has 1 aromatic rings. The summed E-state index contributed by atoms with van der Waals surface area (Å²) in [5.74, 6) is 0.383. The maximum absolute atomic E-state index is 12.9. The largest absolute Gasteiger partial charge is 0.481 e. The van der Waals surface area contributed by atoms with E-state index in [9.17, 15) is 15.0 Å². The van der Waals surface area contributed by atoms with Crippen molar-refractivity contribution in [2.45, 2.75) is 118 Å². The van der Waals surface area contributed by atoms with Gasteiger partial charge in [-0.2, -0.15) is 0 Å². The highest BCUT2D eigenvalue weighted by molar-refractivity contribution is 7.10. The third-order valence-electron chi connectivity index (χ3n) is 14.4. The first-order valence-corrected chi connectivity index (χ1v) is 17.0. The predicted molar refractivity (Wildman–Crippen MR) is 160 cm³/mol. The van der Waals surface area contributed by atoms with E-state index >= 15 is 0 Å². The predicted octanol–water partition coefficient (Wildman–Crippen LogP) is 8.00. The molecule has 1 aliphatic heterocycles. The average Bonchev–Trinajstić information content (AvgIpc) is 3.43. The Balaban J connectivity index is 1.25. The number of hydrogen-bond acceptors (Lipinski definition) is 5. The number of aliphatic hydroxyl groups excluding tert-OH is 1. The van der Waals surface area contributed by atoms with Gasteiger partial charge in [0.25, 0.3) is 0 Å². The van der Waals surface area contributed by atoms with Crippen molar-refractivity contribution < 1.29 is 24.5 Å². The zero-order valence-corrected chi connectivity index (χ0v) is 26.7. The van der Waals surface area contributed by atoms with E-state index in [1.165, 1.54) is 5.57 Å². The number of ether oxygens (including phenoxy) is 2. The lowest BCUT2D eigenvalue weighted by atomic mass is 9.33. The summed E-state index contributed by atoms with van der Waals surface area (Å²) < 4.78 is 13.0. The van der Waals surface area contributed by atoms with Crippen molar-refractivity contribution in [1.29, 1.82) is 0 Å². The van der Waals surface area contributed by atoms with Crippen LogP contribution in [-0.4, -0.2) is 35.0 Å². The van der Waals surface area contributed by atoms with Crippen molar-refractivity contribution in [3.63, 3.8) is 0 Å². The molecule has 0 radical (unpaired) electrons. The minimum Gasteiger partial charge on any atom is -0.481 e. The minimum absolute atomic E-state index is 0.0204. The topological polar surface area (TPSA) is 76.0 Å². The number of fused-ring (bicyclic) bond motifs is 9. The van der Waals surface area contributed by atoms with Gasteiger partial charge in [0.05, 0.1) is 29.1 Å². The highest BCUT2D eigenvalue weighted by Crippen LogP contribution is 2.76. The monoisotopic (exact) mass is 582 g/mol. The number of aliphatic carboxylic acids is 1. The van der Waals surface area contributed by atoms with Gasteiger partial charge in [-0.1, -0.05) is 59.3 Å². The number of hydrogen-bond donors (Lipinski definition) is 2. The molecule has 11 atom stereocenters. The molecule has 5 nitrogen and oxygen atoms in total. The van der Waals surface area contributed by atoms with Gasteiger partial charge in [-0.15, -0.1) is 11.3 Å². The molecule has 0 amide bonds. The molecule has 0 bridgehead atoms. The average molecular weight is 583 g/mol. The summed E-state index contributed by atoms with van der Waals surface area (Å²) in [6.07, 6.45) is 9.84. The second-order valence-electron chi connectivity index (χ2n) is 16.7. The molecule has 5 fully saturated rings. The van der Waals surface area contributed by atoms with Crippen LogP contribution < -0.4 is 0 Å². The van der Waals surface area contributed by atoms with Gasteiger partial charge < -0.3 is 19.7 Å². The van der Waals surface area contributed by atoms with Crippen molar-refractivity contribution in [3.05, 3.63) is 34.0 Å². The molecule has 0 spiro atoms. The molecule has 2 heterocycles. The quantitative estimate of drug-likeness (QED) is 0.346. The van der Waals surface area contributed by atoms with E-state index < -0.39 is 23.8 Å². The molecule has 4 unspecified atom stereocenters. The highest BCUT2D eigenvalue weighted by Gasteiger charge is 2.71. The van der Waals surface area contributed by atoms with Crippen LogP contribution in [0, 0.1) is 50.2 Å². The van der Waals surface area contributed by atoms with Gasteiger partial charge in [-0.3, -0.25) is 4.79 Å². The Morgan fingerprint density at radius 3 is 2.44 bits per heavy atom. The number of carboxylic acids is 1. The lowest BCUT2D eigenvalue weighted by Crippen LogP contribution is -2.69. The number of aliphatic hydroxyl groups is 1. The fraction of sp³-hybridized carbons (Fsp3) is 0.800. The Bertz CT molecular complexity index is 1260. The summed E-state index contributed by atoms with van der Waals surface area (Å²) >= 11 is 1.65. The van der Waals surface area contributed by atoms with Gasteiger partial charge in [0, 0.05) is 5.41 Å². The summed E-state index contributed by atoms with van der Waals surface area (Å²) in [5, 5.41) is 24.5. The Morgan fingerprint density at radius 1 is 0.976 bits per heavy atom. The molecule has 6 heteroatoms. The van der Waals surface area contributed by atoms with Gasteiger partial charge in [0.15, 0.2) is 6.29 Å². The van der Waals surface area contributed by atoms with Crippen molar-refractivity contribution in [2.75, 3.05) is 6.61 Å².